The van der Waals surface area contributed by atoms with Crippen LogP contribution >= 0.6 is 11.3 Å². The van der Waals surface area contributed by atoms with Gasteiger partial charge in [0.15, 0.2) is 5.78 Å². The van der Waals surface area contributed by atoms with Gasteiger partial charge < -0.3 is 21.1 Å². The maximum atomic E-state index is 12.2. The number of rotatable bonds is 7. The summed E-state index contributed by atoms with van der Waals surface area (Å²) < 4.78 is 5.02. The van der Waals surface area contributed by atoms with E-state index < -0.39 is 5.91 Å². The molecule has 1 aliphatic rings. The fraction of sp³-hybridized carbons (Fsp3) is 0.538. The highest BCUT2D eigenvalue weighted by atomic mass is 32.1. The first-order chi connectivity index (χ1) is 9.47. The van der Waals surface area contributed by atoms with Crippen LogP contribution < -0.4 is 16.4 Å². The molecule has 0 radical (unpaired) electrons. The zero-order chi connectivity index (χ0) is 14.9. The van der Waals surface area contributed by atoms with Crippen LogP contribution in [0.1, 0.15) is 32.9 Å². The number of ketones is 1. The highest BCUT2D eigenvalue weighted by molar-refractivity contribution is 7.19. The molecule has 0 aliphatic heterocycles. The Morgan fingerprint density at radius 1 is 1.45 bits per heavy atom. The number of amides is 1. The van der Waals surface area contributed by atoms with Crippen molar-refractivity contribution < 1.29 is 14.3 Å². The molecule has 0 unspecified atom stereocenters. The van der Waals surface area contributed by atoms with Crippen molar-refractivity contribution in [2.75, 3.05) is 37.9 Å². The van der Waals surface area contributed by atoms with Gasteiger partial charge in [0, 0.05) is 26.6 Å². The Kier molecular flexibility index (Phi) is 4.29. The molecule has 1 aromatic heterocycles. The van der Waals surface area contributed by atoms with Gasteiger partial charge in [0.2, 0.25) is 0 Å². The average molecular weight is 297 g/mol. The van der Waals surface area contributed by atoms with Crippen molar-refractivity contribution in [2.45, 2.75) is 12.8 Å². The van der Waals surface area contributed by atoms with Gasteiger partial charge in [-0.05, 0) is 12.8 Å². The van der Waals surface area contributed by atoms with E-state index in [1.807, 2.05) is 11.9 Å². The summed E-state index contributed by atoms with van der Waals surface area (Å²) >= 11 is 1.24. The number of nitrogens with zero attached hydrogens (tertiary/aromatic N) is 1. The number of Topliss-reactive ketones (excluding diaryl/α,β-unsaturated/α-hetero) is 1. The molecule has 1 fully saturated rings. The molecule has 1 aromatic rings. The first-order valence-electron chi connectivity index (χ1n) is 6.43. The van der Waals surface area contributed by atoms with Gasteiger partial charge in [0.05, 0.1) is 22.7 Å². The van der Waals surface area contributed by atoms with Gasteiger partial charge in [0.25, 0.3) is 5.91 Å². The molecule has 0 saturated heterocycles. The topological polar surface area (TPSA) is 98.7 Å². The van der Waals surface area contributed by atoms with Gasteiger partial charge in [-0.3, -0.25) is 9.59 Å². The molecule has 4 N–H and O–H groups in total. The number of nitrogen functional groups attached to an aromatic ring is 1. The molecule has 1 saturated carbocycles. The van der Waals surface area contributed by atoms with Crippen molar-refractivity contribution in [1.29, 1.82) is 0 Å². The van der Waals surface area contributed by atoms with E-state index in [-0.39, 0.29) is 23.0 Å². The number of likely N-dealkylation sites (N-methyl/N-ethyl adjacent to an activating group) is 1. The predicted octanol–water partition coefficient (Wildman–Crippen LogP) is 1.10. The van der Waals surface area contributed by atoms with Crippen molar-refractivity contribution in [3.05, 3.63) is 10.4 Å². The lowest BCUT2D eigenvalue weighted by Crippen LogP contribution is -2.24. The zero-order valence-corrected chi connectivity index (χ0v) is 12.5. The zero-order valence-electron chi connectivity index (χ0n) is 11.6. The third-order valence-corrected chi connectivity index (χ3v) is 4.66. The molecule has 1 aliphatic carbocycles. The van der Waals surface area contributed by atoms with E-state index in [2.05, 4.69) is 0 Å². The molecule has 7 heteroatoms. The standard InChI is InChI=1S/C13H19N3O3S/c1-16(5-6-19-2)13-8(12(15)18)9(14)11(20-13)10(17)7-3-4-7/h7H,3-6,14H2,1-2H3,(H2,15,18). The second-order valence-electron chi connectivity index (χ2n) is 4.94. The number of primary amides is 1. The minimum Gasteiger partial charge on any atom is -0.397 e. The van der Waals surface area contributed by atoms with Gasteiger partial charge in [-0.2, -0.15) is 0 Å². The summed E-state index contributed by atoms with van der Waals surface area (Å²) in [6, 6.07) is 0. The second-order valence-corrected chi connectivity index (χ2v) is 5.94. The third kappa shape index (κ3) is 2.78. The largest absolute Gasteiger partial charge is 0.397 e. The SMILES string of the molecule is COCCN(C)c1sc(C(=O)C2CC2)c(N)c1C(N)=O. The maximum Gasteiger partial charge on any atom is 0.253 e. The van der Waals surface area contributed by atoms with Gasteiger partial charge in [0.1, 0.15) is 5.00 Å². The molecule has 0 spiro atoms. The Balaban J connectivity index is 2.36. The number of carbonyl (C=O) groups is 2. The first-order valence-corrected chi connectivity index (χ1v) is 7.25. The van der Waals surface area contributed by atoms with Crippen molar-refractivity contribution >= 4 is 33.7 Å². The van der Waals surface area contributed by atoms with Crippen molar-refractivity contribution in [3.63, 3.8) is 0 Å². The van der Waals surface area contributed by atoms with Gasteiger partial charge >= 0.3 is 0 Å². The summed E-state index contributed by atoms with van der Waals surface area (Å²) in [6.45, 7) is 1.10. The van der Waals surface area contributed by atoms with Crippen molar-refractivity contribution in [3.8, 4) is 0 Å². The monoisotopic (exact) mass is 297 g/mol. The summed E-state index contributed by atoms with van der Waals surface area (Å²) in [6.07, 6.45) is 1.80. The number of ether oxygens (including phenoxy) is 1. The summed E-state index contributed by atoms with van der Waals surface area (Å²) in [5.41, 5.74) is 11.8. The summed E-state index contributed by atoms with van der Waals surface area (Å²) in [4.78, 5) is 26.1. The minimum atomic E-state index is -0.604. The summed E-state index contributed by atoms with van der Waals surface area (Å²) in [7, 11) is 3.43. The Labute approximate surface area is 121 Å². The fourth-order valence-electron chi connectivity index (χ4n) is 1.98. The molecular formula is C13H19N3O3S. The second kappa shape index (κ2) is 5.80. The number of anilines is 2. The number of hydrogen-bond acceptors (Lipinski definition) is 6. The van der Waals surface area contributed by atoms with E-state index in [1.54, 1.807) is 7.11 Å². The highest BCUT2D eigenvalue weighted by Crippen LogP contribution is 2.42. The summed E-state index contributed by atoms with van der Waals surface area (Å²) in [5.74, 6) is -0.511. The van der Waals surface area contributed by atoms with E-state index in [0.717, 1.165) is 12.8 Å². The third-order valence-electron chi connectivity index (χ3n) is 3.32. The lowest BCUT2D eigenvalue weighted by molar-refractivity contribution is 0.0972. The van der Waals surface area contributed by atoms with Crippen molar-refractivity contribution in [1.82, 2.24) is 0 Å². The number of thiophene rings is 1. The van der Waals surface area contributed by atoms with Crippen LogP contribution in [0.25, 0.3) is 0 Å². The van der Waals surface area contributed by atoms with Crippen LogP contribution in [-0.4, -0.2) is 39.0 Å². The Bertz CT molecular complexity index is 537. The first kappa shape index (κ1) is 14.8. The Morgan fingerprint density at radius 3 is 2.60 bits per heavy atom. The Hall–Kier alpha value is -1.60. The lowest BCUT2D eigenvalue weighted by Gasteiger charge is -2.17. The molecule has 110 valence electrons. The molecule has 1 amide bonds. The van der Waals surface area contributed by atoms with Gasteiger partial charge in [-0.1, -0.05) is 0 Å². The molecule has 6 nitrogen and oxygen atoms in total. The van der Waals surface area contributed by atoms with Crippen molar-refractivity contribution in [2.24, 2.45) is 11.7 Å². The van der Waals surface area contributed by atoms with E-state index in [9.17, 15) is 9.59 Å². The van der Waals surface area contributed by atoms with Crippen LogP contribution in [0.4, 0.5) is 10.7 Å². The fourth-order valence-corrected chi connectivity index (χ4v) is 3.21. The van der Waals surface area contributed by atoms with Crippen LogP contribution in [0.3, 0.4) is 0 Å². The number of hydrogen-bond donors (Lipinski definition) is 2. The smallest absolute Gasteiger partial charge is 0.253 e. The quantitative estimate of drug-likeness (QED) is 0.734. The molecule has 2 rings (SSSR count). The summed E-state index contributed by atoms with van der Waals surface area (Å²) in [5, 5.41) is 0.635. The van der Waals surface area contributed by atoms with E-state index in [4.69, 9.17) is 16.2 Å². The minimum absolute atomic E-state index is 0.0291. The van der Waals surface area contributed by atoms with Crippen LogP contribution in [0, 0.1) is 5.92 Å². The molecule has 20 heavy (non-hydrogen) atoms. The molecule has 0 atom stereocenters. The number of carbonyl (C=O) groups excluding carboxylic acids is 2. The number of nitrogens with two attached hydrogens (primary N) is 2. The lowest BCUT2D eigenvalue weighted by atomic mass is 10.1. The number of methoxy groups -OCH3 is 1. The maximum absolute atomic E-state index is 12.2. The molecule has 0 bridgehead atoms. The Morgan fingerprint density at radius 2 is 2.10 bits per heavy atom. The van der Waals surface area contributed by atoms with Crippen LogP contribution in [0.2, 0.25) is 0 Å². The van der Waals surface area contributed by atoms with Crippen LogP contribution in [-0.2, 0) is 4.74 Å². The van der Waals surface area contributed by atoms with E-state index in [1.165, 1.54) is 11.3 Å². The highest BCUT2D eigenvalue weighted by Gasteiger charge is 2.35. The normalized spacial score (nSPS) is 14.3. The van der Waals surface area contributed by atoms with E-state index in [0.29, 0.717) is 23.0 Å². The van der Waals surface area contributed by atoms with Crippen LogP contribution in [0.15, 0.2) is 0 Å². The van der Waals surface area contributed by atoms with E-state index >= 15 is 0 Å². The molecule has 1 heterocycles. The molecule has 0 aromatic carbocycles. The predicted molar refractivity (Wildman–Crippen MR) is 79.4 cm³/mol. The van der Waals surface area contributed by atoms with Gasteiger partial charge in [-0.15, -0.1) is 11.3 Å². The van der Waals surface area contributed by atoms with Crippen LogP contribution in [0.5, 0.6) is 0 Å². The average Bonchev–Trinajstić information content (AvgIpc) is 3.18. The van der Waals surface area contributed by atoms with Gasteiger partial charge in [-0.25, -0.2) is 0 Å². The molecular weight excluding hydrogens is 278 g/mol.